The second-order valence-corrected chi connectivity index (χ2v) is 4.10. The molecule has 0 bridgehead atoms. The number of pyridine rings is 2. The van der Waals surface area contributed by atoms with Gasteiger partial charge in [-0.25, -0.2) is 0 Å². The lowest BCUT2D eigenvalue weighted by Gasteiger charge is -2.03. The molecule has 0 unspecified atom stereocenters. The third-order valence-corrected chi connectivity index (χ3v) is 3.03. The summed E-state index contributed by atoms with van der Waals surface area (Å²) in [6.45, 7) is 0. The van der Waals surface area contributed by atoms with Crippen LogP contribution in [0.25, 0.3) is 16.3 Å². The first kappa shape index (κ1) is 9.33. The molecule has 0 aromatic carbocycles. The van der Waals surface area contributed by atoms with Crippen LogP contribution in [0.1, 0.15) is 25.0 Å². The van der Waals surface area contributed by atoms with Crippen LogP contribution < -0.4 is 5.56 Å². The minimum atomic E-state index is -0.0253. The first-order valence-electron chi connectivity index (χ1n) is 5.51. The zero-order valence-corrected chi connectivity index (χ0v) is 8.86. The summed E-state index contributed by atoms with van der Waals surface area (Å²) in [5, 5.41) is 1.62. The molecular weight excluding hydrogens is 200 g/mol. The van der Waals surface area contributed by atoms with E-state index < -0.39 is 0 Å². The SMILES string of the molecule is O=c1[nH]c(C2=CCCC2)cc2cnccc12. The zero-order valence-electron chi connectivity index (χ0n) is 8.86. The summed E-state index contributed by atoms with van der Waals surface area (Å²) >= 11 is 0. The van der Waals surface area contributed by atoms with Gasteiger partial charge < -0.3 is 4.98 Å². The summed E-state index contributed by atoms with van der Waals surface area (Å²) in [7, 11) is 0. The molecule has 80 valence electrons. The number of nitrogens with one attached hydrogen (secondary N) is 1. The van der Waals surface area contributed by atoms with E-state index in [4.69, 9.17) is 0 Å². The summed E-state index contributed by atoms with van der Waals surface area (Å²) in [5.41, 5.74) is 2.17. The highest BCUT2D eigenvalue weighted by atomic mass is 16.1. The molecule has 2 aromatic rings. The molecule has 2 aromatic heterocycles. The van der Waals surface area contributed by atoms with Crippen molar-refractivity contribution in [3.05, 3.63) is 46.7 Å². The fraction of sp³-hybridized carbons (Fsp3) is 0.231. The Labute approximate surface area is 92.8 Å². The minimum absolute atomic E-state index is 0.0253. The van der Waals surface area contributed by atoms with Gasteiger partial charge in [0.2, 0.25) is 0 Å². The summed E-state index contributed by atoms with van der Waals surface area (Å²) in [5.74, 6) is 0. The van der Waals surface area contributed by atoms with Crippen molar-refractivity contribution >= 4 is 16.3 Å². The average Bonchev–Trinajstić information content (AvgIpc) is 2.82. The Balaban J connectivity index is 2.25. The van der Waals surface area contributed by atoms with Gasteiger partial charge in [-0.1, -0.05) is 6.08 Å². The second kappa shape index (κ2) is 3.59. The van der Waals surface area contributed by atoms with Crippen LogP contribution in [0.15, 0.2) is 35.4 Å². The topological polar surface area (TPSA) is 45.8 Å². The van der Waals surface area contributed by atoms with Gasteiger partial charge in [0, 0.05) is 23.5 Å². The van der Waals surface area contributed by atoms with E-state index in [1.165, 1.54) is 12.0 Å². The van der Waals surface area contributed by atoms with E-state index in [1.807, 2.05) is 6.07 Å². The minimum Gasteiger partial charge on any atom is -0.322 e. The number of rotatable bonds is 1. The van der Waals surface area contributed by atoms with Crippen molar-refractivity contribution in [3.8, 4) is 0 Å². The van der Waals surface area contributed by atoms with Crippen molar-refractivity contribution in [2.24, 2.45) is 0 Å². The van der Waals surface area contributed by atoms with E-state index in [2.05, 4.69) is 16.0 Å². The van der Waals surface area contributed by atoms with Crippen LogP contribution in [0.2, 0.25) is 0 Å². The fourth-order valence-electron chi connectivity index (χ4n) is 2.20. The summed E-state index contributed by atoms with van der Waals surface area (Å²) in [4.78, 5) is 18.8. The van der Waals surface area contributed by atoms with Crippen LogP contribution in [0, 0.1) is 0 Å². The highest BCUT2D eigenvalue weighted by Crippen LogP contribution is 2.26. The molecule has 0 saturated carbocycles. The maximum absolute atomic E-state index is 11.8. The number of aromatic nitrogens is 2. The lowest BCUT2D eigenvalue weighted by Crippen LogP contribution is -2.08. The lowest BCUT2D eigenvalue weighted by atomic mass is 10.1. The number of fused-ring (bicyclic) bond motifs is 1. The molecule has 0 radical (unpaired) electrons. The van der Waals surface area contributed by atoms with Gasteiger partial charge in [0.1, 0.15) is 0 Å². The van der Waals surface area contributed by atoms with Gasteiger partial charge in [-0.05, 0) is 37.0 Å². The predicted molar refractivity (Wildman–Crippen MR) is 64.2 cm³/mol. The molecular formula is C13H12N2O. The Kier molecular flexibility index (Phi) is 2.10. The van der Waals surface area contributed by atoms with Crippen LogP contribution in [0.4, 0.5) is 0 Å². The number of hydrogen-bond donors (Lipinski definition) is 1. The summed E-state index contributed by atoms with van der Waals surface area (Å²) in [6.07, 6.45) is 8.94. The Bertz CT molecular complexity index is 625. The van der Waals surface area contributed by atoms with E-state index >= 15 is 0 Å². The molecule has 16 heavy (non-hydrogen) atoms. The Morgan fingerprint density at radius 1 is 1.38 bits per heavy atom. The van der Waals surface area contributed by atoms with E-state index in [-0.39, 0.29) is 5.56 Å². The molecule has 1 N–H and O–H groups in total. The van der Waals surface area contributed by atoms with Gasteiger partial charge in [-0.2, -0.15) is 0 Å². The quantitative estimate of drug-likeness (QED) is 0.789. The van der Waals surface area contributed by atoms with Gasteiger partial charge in [-0.15, -0.1) is 0 Å². The number of aromatic amines is 1. The third kappa shape index (κ3) is 1.45. The first-order valence-corrected chi connectivity index (χ1v) is 5.51. The van der Waals surface area contributed by atoms with Crippen molar-refractivity contribution < 1.29 is 0 Å². The third-order valence-electron chi connectivity index (χ3n) is 3.03. The molecule has 3 nitrogen and oxygen atoms in total. The molecule has 0 spiro atoms. The zero-order chi connectivity index (χ0) is 11.0. The highest BCUT2D eigenvalue weighted by molar-refractivity contribution is 5.83. The Morgan fingerprint density at radius 3 is 3.12 bits per heavy atom. The van der Waals surface area contributed by atoms with Crippen LogP contribution in [0.5, 0.6) is 0 Å². The molecule has 2 heterocycles. The smallest absolute Gasteiger partial charge is 0.256 e. The van der Waals surface area contributed by atoms with E-state index in [0.717, 1.165) is 23.9 Å². The van der Waals surface area contributed by atoms with E-state index in [0.29, 0.717) is 5.39 Å². The Hall–Kier alpha value is -1.90. The highest BCUT2D eigenvalue weighted by Gasteiger charge is 2.09. The van der Waals surface area contributed by atoms with Gasteiger partial charge in [0.25, 0.3) is 5.56 Å². The molecule has 0 aliphatic heterocycles. The average molecular weight is 212 g/mol. The molecule has 1 aliphatic rings. The first-order chi connectivity index (χ1) is 7.84. The van der Waals surface area contributed by atoms with Gasteiger partial charge in [-0.3, -0.25) is 9.78 Å². The van der Waals surface area contributed by atoms with Gasteiger partial charge >= 0.3 is 0 Å². The molecule has 0 saturated heterocycles. The molecule has 3 heteroatoms. The maximum Gasteiger partial charge on any atom is 0.256 e. The van der Waals surface area contributed by atoms with Crippen molar-refractivity contribution in [1.29, 1.82) is 0 Å². The van der Waals surface area contributed by atoms with Crippen molar-refractivity contribution in [1.82, 2.24) is 9.97 Å². The standard InChI is InChI=1S/C13H12N2O/c16-13-11-5-6-14-8-10(11)7-12(15-13)9-3-1-2-4-9/h3,5-8H,1-2,4H2,(H,15,16). The van der Waals surface area contributed by atoms with E-state index in [1.54, 1.807) is 18.5 Å². The predicted octanol–water partition coefficient (Wildman–Crippen LogP) is 2.49. The van der Waals surface area contributed by atoms with Crippen molar-refractivity contribution in [3.63, 3.8) is 0 Å². The normalized spacial score (nSPS) is 15.4. The van der Waals surface area contributed by atoms with Crippen LogP contribution >= 0.6 is 0 Å². The summed E-state index contributed by atoms with van der Waals surface area (Å²) < 4.78 is 0. The fourth-order valence-corrected chi connectivity index (χ4v) is 2.20. The number of H-pyrrole nitrogens is 1. The van der Waals surface area contributed by atoms with Crippen molar-refractivity contribution in [2.75, 3.05) is 0 Å². The van der Waals surface area contributed by atoms with Crippen LogP contribution in [-0.2, 0) is 0 Å². The second-order valence-electron chi connectivity index (χ2n) is 4.10. The molecule has 0 atom stereocenters. The van der Waals surface area contributed by atoms with Gasteiger partial charge in [0.05, 0.1) is 5.39 Å². The van der Waals surface area contributed by atoms with Crippen LogP contribution in [-0.4, -0.2) is 9.97 Å². The largest absolute Gasteiger partial charge is 0.322 e. The lowest BCUT2D eigenvalue weighted by molar-refractivity contribution is 0.932. The van der Waals surface area contributed by atoms with Crippen LogP contribution in [0.3, 0.4) is 0 Å². The summed E-state index contributed by atoms with van der Waals surface area (Å²) in [6, 6.07) is 3.77. The molecule has 0 fully saturated rings. The molecule has 3 rings (SSSR count). The van der Waals surface area contributed by atoms with Gasteiger partial charge in [0.15, 0.2) is 0 Å². The molecule has 1 aliphatic carbocycles. The maximum atomic E-state index is 11.8. The van der Waals surface area contributed by atoms with Crippen molar-refractivity contribution in [2.45, 2.75) is 19.3 Å². The number of nitrogens with zero attached hydrogens (tertiary/aromatic N) is 1. The van der Waals surface area contributed by atoms with E-state index in [9.17, 15) is 4.79 Å². The molecule has 0 amide bonds. The Morgan fingerprint density at radius 2 is 2.31 bits per heavy atom. The monoisotopic (exact) mass is 212 g/mol. The number of allylic oxidation sites excluding steroid dienone is 2. The number of hydrogen-bond acceptors (Lipinski definition) is 2.